The smallest absolute Gasteiger partial charge is 0.405 e. The van der Waals surface area contributed by atoms with Gasteiger partial charge in [0.15, 0.2) is 0 Å². The SMILES string of the molecule is CC(C)C=CC(CC1CCCCC1)NC(=O)O. The van der Waals surface area contributed by atoms with Crippen LogP contribution in [0.25, 0.3) is 0 Å². The van der Waals surface area contributed by atoms with Crippen molar-refractivity contribution in [2.75, 3.05) is 0 Å². The second kappa shape index (κ2) is 7.36. The van der Waals surface area contributed by atoms with E-state index >= 15 is 0 Å². The molecule has 2 N–H and O–H groups in total. The van der Waals surface area contributed by atoms with Crippen LogP contribution in [0.2, 0.25) is 0 Å². The first-order valence-electron chi connectivity index (χ1n) is 6.75. The summed E-state index contributed by atoms with van der Waals surface area (Å²) >= 11 is 0. The lowest BCUT2D eigenvalue weighted by Gasteiger charge is -2.25. The van der Waals surface area contributed by atoms with Crippen LogP contribution in [0, 0.1) is 11.8 Å². The molecule has 3 nitrogen and oxygen atoms in total. The summed E-state index contributed by atoms with van der Waals surface area (Å²) in [4.78, 5) is 10.8. The molecule has 0 bridgehead atoms. The van der Waals surface area contributed by atoms with Crippen molar-refractivity contribution in [1.29, 1.82) is 0 Å². The molecule has 1 unspecified atom stereocenters. The van der Waals surface area contributed by atoms with E-state index in [0.29, 0.717) is 11.8 Å². The topological polar surface area (TPSA) is 49.3 Å². The van der Waals surface area contributed by atoms with E-state index in [2.05, 4.69) is 25.2 Å². The highest BCUT2D eigenvalue weighted by molar-refractivity contribution is 5.65. The maximum Gasteiger partial charge on any atom is 0.405 e. The molecule has 0 aromatic heterocycles. The molecular weight excluding hydrogens is 214 g/mol. The van der Waals surface area contributed by atoms with E-state index in [1.165, 1.54) is 32.1 Å². The predicted molar refractivity (Wildman–Crippen MR) is 70.1 cm³/mol. The highest BCUT2D eigenvalue weighted by Crippen LogP contribution is 2.27. The monoisotopic (exact) mass is 239 g/mol. The van der Waals surface area contributed by atoms with Crippen LogP contribution < -0.4 is 5.32 Å². The first kappa shape index (κ1) is 14.1. The number of rotatable bonds is 5. The van der Waals surface area contributed by atoms with Crippen LogP contribution in [0.15, 0.2) is 12.2 Å². The third kappa shape index (κ3) is 6.35. The van der Waals surface area contributed by atoms with Crippen molar-refractivity contribution in [2.24, 2.45) is 11.8 Å². The van der Waals surface area contributed by atoms with Crippen LogP contribution in [0.3, 0.4) is 0 Å². The Bertz CT molecular complexity index is 255. The van der Waals surface area contributed by atoms with Crippen LogP contribution in [0.5, 0.6) is 0 Å². The van der Waals surface area contributed by atoms with Gasteiger partial charge in [0.2, 0.25) is 0 Å². The third-order valence-electron chi connectivity index (χ3n) is 3.35. The molecule has 3 heteroatoms. The average Bonchev–Trinajstić information content (AvgIpc) is 2.26. The first-order valence-corrected chi connectivity index (χ1v) is 6.75. The molecule has 1 fully saturated rings. The minimum atomic E-state index is -0.917. The van der Waals surface area contributed by atoms with Gasteiger partial charge >= 0.3 is 6.09 Å². The van der Waals surface area contributed by atoms with Crippen molar-refractivity contribution in [3.8, 4) is 0 Å². The molecule has 0 aromatic rings. The molecule has 1 aliphatic carbocycles. The second-order valence-electron chi connectivity index (χ2n) is 5.42. The van der Waals surface area contributed by atoms with Gasteiger partial charge in [-0.2, -0.15) is 0 Å². The summed E-state index contributed by atoms with van der Waals surface area (Å²) in [5.41, 5.74) is 0. The molecule has 0 saturated heterocycles. The van der Waals surface area contributed by atoms with E-state index < -0.39 is 6.09 Å². The number of amides is 1. The van der Waals surface area contributed by atoms with Crippen LogP contribution in [0.4, 0.5) is 4.79 Å². The molecule has 0 heterocycles. The Morgan fingerprint density at radius 1 is 1.29 bits per heavy atom. The Kier molecular flexibility index (Phi) is 6.09. The zero-order chi connectivity index (χ0) is 12.7. The average molecular weight is 239 g/mol. The number of hydrogen-bond acceptors (Lipinski definition) is 1. The fourth-order valence-corrected chi connectivity index (χ4v) is 2.48. The van der Waals surface area contributed by atoms with Crippen molar-refractivity contribution in [1.82, 2.24) is 5.32 Å². The molecule has 0 spiro atoms. The van der Waals surface area contributed by atoms with E-state index in [-0.39, 0.29) is 6.04 Å². The minimum absolute atomic E-state index is 0.0157. The summed E-state index contributed by atoms with van der Waals surface area (Å²) < 4.78 is 0. The van der Waals surface area contributed by atoms with Gasteiger partial charge in [0, 0.05) is 0 Å². The van der Waals surface area contributed by atoms with Gasteiger partial charge in [-0.05, 0) is 18.3 Å². The highest BCUT2D eigenvalue weighted by atomic mass is 16.4. The van der Waals surface area contributed by atoms with E-state index in [0.717, 1.165) is 6.42 Å². The molecule has 1 amide bonds. The number of carboxylic acid groups (broad SMARTS) is 1. The Morgan fingerprint density at radius 3 is 2.47 bits per heavy atom. The van der Waals surface area contributed by atoms with Crippen molar-refractivity contribution < 1.29 is 9.90 Å². The quantitative estimate of drug-likeness (QED) is 0.717. The summed E-state index contributed by atoms with van der Waals surface area (Å²) in [5.74, 6) is 1.16. The fraction of sp³-hybridized carbons (Fsp3) is 0.786. The lowest BCUT2D eigenvalue weighted by atomic mass is 9.84. The zero-order valence-corrected chi connectivity index (χ0v) is 11.0. The van der Waals surface area contributed by atoms with Gasteiger partial charge in [0.1, 0.15) is 0 Å². The summed E-state index contributed by atoms with van der Waals surface area (Å²) in [6.45, 7) is 4.21. The molecule has 1 aliphatic rings. The Balaban J connectivity index is 2.46. The van der Waals surface area contributed by atoms with Gasteiger partial charge in [0.05, 0.1) is 6.04 Å². The highest BCUT2D eigenvalue weighted by Gasteiger charge is 2.18. The van der Waals surface area contributed by atoms with Crippen molar-refractivity contribution in [3.05, 3.63) is 12.2 Å². The van der Waals surface area contributed by atoms with Gasteiger partial charge in [-0.1, -0.05) is 58.1 Å². The molecule has 0 radical (unpaired) electrons. The van der Waals surface area contributed by atoms with Crippen LogP contribution >= 0.6 is 0 Å². The van der Waals surface area contributed by atoms with Gasteiger partial charge in [0.25, 0.3) is 0 Å². The van der Waals surface area contributed by atoms with Crippen LogP contribution in [-0.2, 0) is 0 Å². The maximum atomic E-state index is 10.8. The minimum Gasteiger partial charge on any atom is -0.465 e. The molecule has 0 aliphatic heterocycles. The molecule has 17 heavy (non-hydrogen) atoms. The van der Waals surface area contributed by atoms with Crippen LogP contribution in [-0.4, -0.2) is 17.2 Å². The lowest BCUT2D eigenvalue weighted by Crippen LogP contribution is -2.34. The zero-order valence-electron chi connectivity index (χ0n) is 11.0. The molecule has 98 valence electrons. The Labute approximate surface area is 104 Å². The molecule has 1 saturated carbocycles. The first-order chi connectivity index (χ1) is 8.08. The van der Waals surface area contributed by atoms with E-state index in [9.17, 15) is 4.79 Å². The van der Waals surface area contributed by atoms with E-state index in [4.69, 9.17) is 5.11 Å². The Hall–Kier alpha value is -0.990. The van der Waals surface area contributed by atoms with E-state index in [1.807, 2.05) is 6.08 Å². The maximum absolute atomic E-state index is 10.8. The lowest BCUT2D eigenvalue weighted by molar-refractivity contribution is 0.189. The summed E-state index contributed by atoms with van der Waals surface area (Å²) in [6, 6.07) is -0.0157. The fourth-order valence-electron chi connectivity index (χ4n) is 2.48. The standard InChI is InChI=1S/C14H25NO2/c1-11(2)8-9-13(15-14(16)17)10-12-6-4-3-5-7-12/h8-9,11-13,15H,3-7,10H2,1-2H3,(H,16,17). The summed E-state index contributed by atoms with van der Waals surface area (Å²) in [7, 11) is 0. The van der Waals surface area contributed by atoms with Gasteiger partial charge in [-0.3, -0.25) is 0 Å². The number of hydrogen-bond donors (Lipinski definition) is 2. The number of allylic oxidation sites excluding steroid dienone is 1. The van der Waals surface area contributed by atoms with Crippen molar-refractivity contribution in [3.63, 3.8) is 0 Å². The summed E-state index contributed by atoms with van der Waals surface area (Å²) in [5, 5.41) is 11.4. The van der Waals surface area contributed by atoms with Crippen molar-refractivity contribution in [2.45, 2.75) is 58.4 Å². The Morgan fingerprint density at radius 2 is 1.94 bits per heavy atom. The van der Waals surface area contributed by atoms with Gasteiger partial charge in [-0.15, -0.1) is 0 Å². The summed E-state index contributed by atoms with van der Waals surface area (Å²) in [6.07, 6.45) is 10.6. The van der Waals surface area contributed by atoms with E-state index in [1.54, 1.807) is 0 Å². The molecule has 1 rings (SSSR count). The number of nitrogens with one attached hydrogen (secondary N) is 1. The second-order valence-corrected chi connectivity index (χ2v) is 5.42. The third-order valence-corrected chi connectivity index (χ3v) is 3.35. The largest absolute Gasteiger partial charge is 0.465 e. The normalized spacial score (nSPS) is 19.7. The van der Waals surface area contributed by atoms with Gasteiger partial charge in [-0.25, -0.2) is 4.79 Å². The molecule has 0 aromatic carbocycles. The van der Waals surface area contributed by atoms with Crippen LogP contribution in [0.1, 0.15) is 52.4 Å². The predicted octanol–water partition coefficient (Wildman–Crippen LogP) is 3.81. The van der Waals surface area contributed by atoms with Gasteiger partial charge < -0.3 is 10.4 Å². The van der Waals surface area contributed by atoms with Crippen molar-refractivity contribution >= 4 is 6.09 Å². The molecule has 1 atom stereocenters. The number of carbonyl (C=O) groups is 1. The molecular formula is C14H25NO2.